The van der Waals surface area contributed by atoms with Gasteiger partial charge in [-0.15, -0.1) is 0 Å². The Balaban J connectivity index is 2.10. The highest BCUT2D eigenvalue weighted by molar-refractivity contribution is 7.98. The molecule has 0 bridgehead atoms. The molecule has 1 aromatic heterocycles. The van der Waals surface area contributed by atoms with Crippen LogP contribution in [-0.4, -0.2) is 28.7 Å². The molecule has 23 heavy (non-hydrogen) atoms. The van der Waals surface area contributed by atoms with Crippen molar-refractivity contribution in [3.05, 3.63) is 46.7 Å². The Bertz CT molecular complexity index is 680. The fraction of sp³-hybridized carbons (Fsp3) is 0.312. The molecule has 5 nitrogen and oxygen atoms in total. The van der Waals surface area contributed by atoms with E-state index in [1.165, 1.54) is 18.0 Å². The molecule has 0 spiro atoms. The van der Waals surface area contributed by atoms with E-state index in [0.717, 1.165) is 11.3 Å². The van der Waals surface area contributed by atoms with Gasteiger partial charge in [0.25, 0.3) is 5.91 Å². The molecular weight excluding hydrogens is 334 g/mol. The van der Waals surface area contributed by atoms with Crippen molar-refractivity contribution in [1.29, 1.82) is 0 Å². The third-order valence-corrected chi connectivity index (χ3v) is 4.00. The monoisotopic (exact) mass is 351 g/mol. The summed E-state index contributed by atoms with van der Waals surface area (Å²) >= 11 is 7.38. The molecule has 7 heteroatoms. The summed E-state index contributed by atoms with van der Waals surface area (Å²) in [6, 6.07) is 7.42. The first kappa shape index (κ1) is 17.6. The molecule has 0 aliphatic heterocycles. The largest absolute Gasteiger partial charge is 0.494 e. The van der Waals surface area contributed by atoms with Gasteiger partial charge in [-0.1, -0.05) is 35.5 Å². The summed E-state index contributed by atoms with van der Waals surface area (Å²) in [7, 11) is 0. The number of rotatable bonds is 6. The molecule has 0 aliphatic carbocycles. The summed E-state index contributed by atoms with van der Waals surface area (Å²) < 4.78 is 5.41. The van der Waals surface area contributed by atoms with Gasteiger partial charge in [-0.25, -0.2) is 9.97 Å². The first-order valence-corrected chi connectivity index (χ1v) is 8.75. The van der Waals surface area contributed by atoms with Gasteiger partial charge in [0, 0.05) is 0 Å². The van der Waals surface area contributed by atoms with Crippen molar-refractivity contribution in [1.82, 2.24) is 15.3 Å². The minimum absolute atomic E-state index is 0.179. The number of thioether (sulfide) groups is 1. The van der Waals surface area contributed by atoms with Crippen LogP contribution < -0.4 is 10.1 Å². The van der Waals surface area contributed by atoms with Gasteiger partial charge in [0.15, 0.2) is 10.9 Å². The second kappa shape index (κ2) is 8.17. The zero-order chi connectivity index (χ0) is 16.8. The molecule has 0 aliphatic rings. The maximum atomic E-state index is 12.4. The van der Waals surface area contributed by atoms with Crippen LogP contribution in [0.25, 0.3) is 0 Å². The average Bonchev–Trinajstić information content (AvgIpc) is 2.56. The van der Waals surface area contributed by atoms with Gasteiger partial charge >= 0.3 is 0 Å². The lowest BCUT2D eigenvalue weighted by atomic mass is 10.1. The zero-order valence-electron chi connectivity index (χ0n) is 13.2. The van der Waals surface area contributed by atoms with Gasteiger partial charge in [0.05, 0.1) is 23.9 Å². The third kappa shape index (κ3) is 4.59. The summed E-state index contributed by atoms with van der Waals surface area (Å²) in [5, 5.41) is 3.64. The van der Waals surface area contributed by atoms with Crippen LogP contribution >= 0.6 is 23.4 Å². The predicted molar refractivity (Wildman–Crippen MR) is 92.3 cm³/mol. The lowest BCUT2D eigenvalue weighted by Crippen LogP contribution is -2.28. The number of carbonyl (C=O) groups is 1. The average molecular weight is 352 g/mol. The SMILES string of the molecule is CCOc1ccc([C@H](C)NC(=O)c2nc(SC)ncc2Cl)cc1. The molecule has 2 aromatic rings. The minimum Gasteiger partial charge on any atom is -0.494 e. The third-order valence-electron chi connectivity index (χ3n) is 3.16. The molecule has 0 fully saturated rings. The summed E-state index contributed by atoms with van der Waals surface area (Å²) in [5.74, 6) is 0.479. The Morgan fingerprint density at radius 3 is 2.70 bits per heavy atom. The first-order chi connectivity index (χ1) is 11.0. The van der Waals surface area contributed by atoms with Gasteiger partial charge in [-0.2, -0.15) is 0 Å². The fourth-order valence-corrected chi connectivity index (χ4v) is 2.49. The van der Waals surface area contributed by atoms with Gasteiger partial charge in [0.1, 0.15) is 5.75 Å². The van der Waals surface area contributed by atoms with Crippen LogP contribution in [0.5, 0.6) is 5.75 Å². The van der Waals surface area contributed by atoms with Crippen molar-refractivity contribution in [3.8, 4) is 5.75 Å². The first-order valence-electron chi connectivity index (χ1n) is 7.15. The number of nitrogens with zero attached hydrogens (tertiary/aromatic N) is 2. The number of carbonyl (C=O) groups excluding carboxylic acids is 1. The fourth-order valence-electron chi connectivity index (χ4n) is 1.98. The van der Waals surface area contributed by atoms with Gasteiger partial charge in [-0.05, 0) is 37.8 Å². The lowest BCUT2D eigenvalue weighted by molar-refractivity contribution is 0.0934. The molecule has 1 amide bonds. The van der Waals surface area contributed by atoms with E-state index in [9.17, 15) is 4.79 Å². The number of amides is 1. The van der Waals surface area contributed by atoms with Gasteiger partial charge in [0.2, 0.25) is 0 Å². The normalized spacial score (nSPS) is 11.8. The van der Waals surface area contributed by atoms with Crippen molar-refractivity contribution in [2.45, 2.75) is 25.0 Å². The van der Waals surface area contributed by atoms with E-state index in [2.05, 4.69) is 15.3 Å². The van der Waals surface area contributed by atoms with E-state index in [1.807, 2.05) is 44.4 Å². The molecule has 1 heterocycles. The molecule has 1 N–H and O–H groups in total. The molecule has 0 radical (unpaired) electrons. The van der Waals surface area contributed by atoms with Crippen LogP contribution in [0.3, 0.4) is 0 Å². The number of hydrogen-bond donors (Lipinski definition) is 1. The van der Waals surface area contributed by atoms with Crippen LogP contribution in [-0.2, 0) is 0 Å². The molecule has 2 rings (SSSR count). The molecule has 0 saturated heterocycles. The molecule has 1 atom stereocenters. The smallest absolute Gasteiger partial charge is 0.272 e. The van der Waals surface area contributed by atoms with E-state index in [1.54, 1.807) is 0 Å². The highest BCUT2D eigenvalue weighted by atomic mass is 35.5. The van der Waals surface area contributed by atoms with Gasteiger partial charge in [-0.3, -0.25) is 4.79 Å². The van der Waals surface area contributed by atoms with Crippen molar-refractivity contribution in [2.75, 3.05) is 12.9 Å². The number of ether oxygens (including phenoxy) is 1. The van der Waals surface area contributed by atoms with E-state index < -0.39 is 0 Å². The van der Waals surface area contributed by atoms with Crippen LogP contribution in [0.2, 0.25) is 5.02 Å². The summed E-state index contributed by atoms with van der Waals surface area (Å²) in [6.45, 7) is 4.46. The predicted octanol–water partition coefficient (Wildman–Crippen LogP) is 3.74. The van der Waals surface area contributed by atoms with Crippen LogP contribution in [0, 0.1) is 0 Å². The van der Waals surface area contributed by atoms with Crippen molar-refractivity contribution in [2.24, 2.45) is 0 Å². The highest BCUT2D eigenvalue weighted by Crippen LogP contribution is 2.20. The maximum absolute atomic E-state index is 12.4. The maximum Gasteiger partial charge on any atom is 0.272 e. The van der Waals surface area contributed by atoms with Gasteiger partial charge < -0.3 is 10.1 Å². The minimum atomic E-state index is -0.325. The Labute approximate surface area is 144 Å². The zero-order valence-corrected chi connectivity index (χ0v) is 14.7. The Hall–Kier alpha value is -1.79. The molecule has 0 saturated carbocycles. The van der Waals surface area contributed by atoms with Crippen molar-refractivity contribution >= 4 is 29.3 Å². The van der Waals surface area contributed by atoms with Crippen molar-refractivity contribution in [3.63, 3.8) is 0 Å². The van der Waals surface area contributed by atoms with Crippen LogP contribution in [0.1, 0.15) is 35.9 Å². The van der Waals surface area contributed by atoms with E-state index in [-0.39, 0.29) is 22.7 Å². The number of halogens is 1. The number of hydrogen-bond acceptors (Lipinski definition) is 5. The molecule has 122 valence electrons. The second-order valence-electron chi connectivity index (χ2n) is 4.75. The molecule has 1 aromatic carbocycles. The quantitative estimate of drug-likeness (QED) is 0.634. The Morgan fingerprint density at radius 1 is 1.39 bits per heavy atom. The number of nitrogens with one attached hydrogen (secondary N) is 1. The van der Waals surface area contributed by atoms with Crippen LogP contribution in [0.4, 0.5) is 0 Å². The molecule has 0 unspecified atom stereocenters. The number of aromatic nitrogens is 2. The second-order valence-corrected chi connectivity index (χ2v) is 5.93. The topological polar surface area (TPSA) is 64.1 Å². The summed E-state index contributed by atoms with van der Waals surface area (Å²) in [4.78, 5) is 20.6. The standard InChI is InChI=1S/C16H18ClN3O2S/c1-4-22-12-7-5-11(6-8-12)10(2)19-15(21)14-13(17)9-18-16(20-14)23-3/h5-10H,4H2,1-3H3,(H,19,21)/t10-/m0/s1. The Morgan fingerprint density at radius 2 is 2.09 bits per heavy atom. The highest BCUT2D eigenvalue weighted by Gasteiger charge is 2.17. The Kier molecular flexibility index (Phi) is 6.24. The number of benzene rings is 1. The lowest BCUT2D eigenvalue weighted by Gasteiger charge is -2.15. The summed E-state index contributed by atoms with van der Waals surface area (Å²) in [5.41, 5.74) is 1.15. The van der Waals surface area contributed by atoms with E-state index in [0.29, 0.717) is 11.8 Å². The van der Waals surface area contributed by atoms with Crippen molar-refractivity contribution < 1.29 is 9.53 Å². The van der Waals surface area contributed by atoms with Crippen LogP contribution in [0.15, 0.2) is 35.6 Å². The van der Waals surface area contributed by atoms with E-state index in [4.69, 9.17) is 16.3 Å². The molecular formula is C16H18ClN3O2S. The summed E-state index contributed by atoms with van der Waals surface area (Å²) in [6.07, 6.45) is 3.28. The van der Waals surface area contributed by atoms with E-state index >= 15 is 0 Å².